The van der Waals surface area contributed by atoms with Crippen molar-refractivity contribution in [1.82, 2.24) is 9.78 Å². The standard InChI is InChI=1S/C14H14N2O2/c1-10-7-14(18)16(15-8-10)9-13(17)12-6-4-3-5-11(12)2/h3-8H,9H2,1-2H3. The van der Waals surface area contributed by atoms with Crippen molar-refractivity contribution in [3.63, 3.8) is 0 Å². The van der Waals surface area contributed by atoms with Gasteiger partial charge in [-0.3, -0.25) is 9.59 Å². The molecule has 0 spiro atoms. The van der Waals surface area contributed by atoms with Gasteiger partial charge in [0.2, 0.25) is 0 Å². The highest BCUT2D eigenvalue weighted by molar-refractivity contribution is 5.97. The zero-order valence-corrected chi connectivity index (χ0v) is 10.4. The molecule has 0 bridgehead atoms. The van der Waals surface area contributed by atoms with Crippen molar-refractivity contribution < 1.29 is 4.79 Å². The quantitative estimate of drug-likeness (QED) is 0.770. The van der Waals surface area contributed by atoms with Gasteiger partial charge >= 0.3 is 0 Å². The van der Waals surface area contributed by atoms with Gasteiger partial charge in [-0.15, -0.1) is 0 Å². The minimum Gasteiger partial charge on any atom is -0.292 e. The van der Waals surface area contributed by atoms with Crippen LogP contribution < -0.4 is 5.56 Å². The zero-order valence-electron chi connectivity index (χ0n) is 10.4. The summed E-state index contributed by atoms with van der Waals surface area (Å²) in [4.78, 5) is 23.7. The molecule has 2 aromatic rings. The number of aromatic nitrogens is 2. The van der Waals surface area contributed by atoms with Gasteiger partial charge < -0.3 is 0 Å². The van der Waals surface area contributed by atoms with E-state index in [0.29, 0.717) is 5.56 Å². The Morgan fingerprint density at radius 3 is 2.67 bits per heavy atom. The normalized spacial score (nSPS) is 10.3. The van der Waals surface area contributed by atoms with E-state index in [1.54, 1.807) is 19.2 Å². The summed E-state index contributed by atoms with van der Waals surface area (Å²) >= 11 is 0. The third-order valence-electron chi connectivity index (χ3n) is 2.75. The van der Waals surface area contributed by atoms with Crippen LogP contribution in [0.1, 0.15) is 21.5 Å². The topological polar surface area (TPSA) is 52.0 Å². The monoisotopic (exact) mass is 242 g/mol. The fourth-order valence-corrected chi connectivity index (χ4v) is 1.75. The smallest absolute Gasteiger partial charge is 0.267 e. The Morgan fingerprint density at radius 2 is 2.00 bits per heavy atom. The maximum atomic E-state index is 12.1. The lowest BCUT2D eigenvalue weighted by atomic mass is 10.1. The van der Waals surface area contributed by atoms with Gasteiger partial charge in [-0.05, 0) is 25.0 Å². The van der Waals surface area contributed by atoms with E-state index in [1.165, 1.54) is 10.7 Å². The Morgan fingerprint density at radius 1 is 1.28 bits per heavy atom. The van der Waals surface area contributed by atoms with Crippen LogP contribution in [0.25, 0.3) is 0 Å². The zero-order chi connectivity index (χ0) is 13.1. The molecule has 1 aromatic heterocycles. The Kier molecular flexibility index (Phi) is 3.37. The molecule has 0 amide bonds. The van der Waals surface area contributed by atoms with Crippen molar-refractivity contribution in [2.75, 3.05) is 0 Å². The lowest BCUT2D eigenvalue weighted by Crippen LogP contribution is -2.26. The highest BCUT2D eigenvalue weighted by Crippen LogP contribution is 2.08. The Labute approximate surface area is 105 Å². The second kappa shape index (κ2) is 4.96. The van der Waals surface area contributed by atoms with Crippen LogP contribution in [-0.2, 0) is 6.54 Å². The molecule has 18 heavy (non-hydrogen) atoms. The van der Waals surface area contributed by atoms with E-state index in [9.17, 15) is 9.59 Å². The second-order valence-electron chi connectivity index (χ2n) is 4.27. The van der Waals surface area contributed by atoms with Crippen LogP contribution in [-0.4, -0.2) is 15.6 Å². The number of hydrogen-bond acceptors (Lipinski definition) is 3. The van der Waals surface area contributed by atoms with Gasteiger partial charge in [0.05, 0.1) is 6.20 Å². The fourth-order valence-electron chi connectivity index (χ4n) is 1.75. The Hall–Kier alpha value is -2.23. The molecule has 0 unspecified atom stereocenters. The molecular weight excluding hydrogens is 228 g/mol. The maximum Gasteiger partial charge on any atom is 0.267 e. The fraction of sp³-hybridized carbons (Fsp3) is 0.214. The highest BCUT2D eigenvalue weighted by Gasteiger charge is 2.10. The van der Waals surface area contributed by atoms with Gasteiger partial charge in [0.25, 0.3) is 5.56 Å². The number of hydrogen-bond donors (Lipinski definition) is 0. The summed E-state index contributed by atoms with van der Waals surface area (Å²) in [6.45, 7) is 3.64. The lowest BCUT2D eigenvalue weighted by Gasteiger charge is -2.06. The summed E-state index contributed by atoms with van der Waals surface area (Å²) in [5, 5.41) is 3.96. The number of benzene rings is 1. The molecule has 0 saturated carbocycles. The molecule has 0 N–H and O–H groups in total. The highest BCUT2D eigenvalue weighted by atomic mass is 16.1. The van der Waals surface area contributed by atoms with Crippen molar-refractivity contribution in [2.24, 2.45) is 0 Å². The molecule has 1 aromatic carbocycles. The van der Waals surface area contributed by atoms with Crippen LogP contribution in [0.4, 0.5) is 0 Å². The number of nitrogens with zero attached hydrogens (tertiary/aromatic N) is 2. The van der Waals surface area contributed by atoms with E-state index < -0.39 is 0 Å². The van der Waals surface area contributed by atoms with Crippen LogP contribution in [0.2, 0.25) is 0 Å². The van der Waals surface area contributed by atoms with E-state index in [4.69, 9.17) is 0 Å². The Bertz CT molecular complexity index is 644. The van der Waals surface area contributed by atoms with Gasteiger partial charge in [0.15, 0.2) is 5.78 Å². The van der Waals surface area contributed by atoms with Gasteiger partial charge in [0, 0.05) is 11.6 Å². The number of rotatable bonds is 3. The van der Waals surface area contributed by atoms with Gasteiger partial charge in [-0.1, -0.05) is 24.3 Å². The first-order chi connectivity index (χ1) is 8.58. The third-order valence-corrected chi connectivity index (χ3v) is 2.75. The molecule has 0 aliphatic rings. The largest absolute Gasteiger partial charge is 0.292 e. The lowest BCUT2D eigenvalue weighted by molar-refractivity contribution is 0.0965. The average molecular weight is 242 g/mol. The molecule has 4 heteroatoms. The molecule has 0 aliphatic heterocycles. The van der Waals surface area contributed by atoms with E-state index in [-0.39, 0.29) is 17.9 Å². The first kappa shape index (κ1) is 12.2. The minimum absolute atomic E-state index is 0.0238. The molecule has 2 rings (SSSR count). The van der Waals surface area contributed by atoms with E-state index in [2.05, 4.69) is 5.10 Å². The van der Waals surface area contributed by atoms with Crippen molar-refractivity contribution in [3.05, 3.63) is 63.6 Å². The molecule has 0 atom stereocenters. The first-order valence-corrected chi connectivity index (χ1v) is 5.70. The van der Waals surface area contributed by atoms with Crippen LogP contribution in [0.3, 0.4) is 0 Å². The van der Waals surface area contributed by atoms with E-state index in [1.807, 2.05) is 25.1 Å². The third kappa shape index (κ3) is 2.53. The van der Waals surface area contributed by atoms with Crippen LogP contribution in [0.15, 0.2) is 41.3 Å². The second-order valence-corrected chi connectivity index (χ2v) is 4.27. The van der Waals surface area contributed by atoms with E-state index in [0.717, 1.165) is 11.1 Å². The van der Waals surface area contributed by atoms with Crippen molar-refractivity contribution >= 4 is 5.78 Å². The molecule has 0 aliphatic carbocycles. The molecule has 1 heterocycles. The predicted octanol–water partition coefficient (Wildman–Crippen LogP) is 1.74. The summed E-state index contributed by atoms with van der Waals surface area (Å²) in [7, 11) is 0. The summed E-state index contributed by atoms with van der Waals surface area (Å²) < 4.78 is 1.18. The molecule has 92 valence electrons. The molecule has 0 radical (unpaired) electrons. The number of aryl methyl sites for hydroxylation is 2. The number of ketones is 1. The van der Waals surface area contributed by atoms with Gasteiger partial charge in [-0.25, -0.2) is 4.68 Å². The number of Topliss-reactive ketones (excluding diaryl/α,β-unsaturated/α-hetero) is 1. The number of carbonyl (C=O) groups excluding carboxylic acids is 1. The molecular formula is C14H14N2O2. The van der Waals surface area contributed by atoms with Crippen LogP contribution in [0.5, 0.6) is 0 Å². The first-order valence-electron chi connectivity index (χ1n) is 5.70. The summed E-state index contributed by atoms with van der Waals surface area (Å²) in [6, 6.07) is 8.79. The number of carbonyl (C=O) groups is 1. The SMILES string of the molecule is Cc1cnn(CC(=O)c2ccccc2C)c(=O)c1. The van der Waals surface area contributed by atoms with Gasteiger partial charge in [-0.2, -0.15) is 5.10 Å². The molecule has 0 fully saturated rings. The molecule has 0 saturated heterocycles. The van der Waals surface area contributed by atoms with Crippen molar-refractivity contribution in [2.45, 2.75) is 20.4 Å². The van der Waals surface area contributed by atoms with Crippen LogP contribution in [0, 0.1) is 13.8 Å². The van der Waals surface area contributed by atoms with Gasteiger partial charge in [0.1, 0.15) is 6.54 Å². The predicted molar refractivity (Wildman–Crippen MR) is 68.7 cm³/mol. The Balaban J connectivity index is 2.27. The van der Waals surface area contributed by atoms with Crippen LogP contribution >= 0.6 is 0 Å². The summed E-state index contributed by atoms with van der Waals surface area (Å²) in [5.74, 6) is -0.105. The molecule has 4 nitrogen and oxygen atoms in total. The van der Waals surface area contributed by atoms with E-state index >= 15 is 0 Å². The minimum atomic E-state index is -0.253. The maximum absolute atomic E-state index is 12.1. The summed E-state index contributed by atoms with van der Waals surface area (Å²) in [5.41, 5.74) is 2.07. The van der Waals surface area contributed by atoms with Crippen molar-refractivity contribution in [1.29, 1.82) is 0 Å². The van der Waals surface area contributed by atoms with Crippen molar-refractivity contribution in [3.8, 4) is 0 Å². The summed E-state index contributed by atoms with van der Waals surface area (Å²) in [6.07, 6.45) is 1.58. The average Bonchev–Trinajstić information content (AvgIpc) is 2.33.